The third-order valence-electron chi connectivity index (χ3n) is 6.60. The molecule has 0 amide bonds. The number of carbonyl (C=O) groups is 2. The second kappa shape index (κ2) is 6.95. The smallest absolute Gasteiger partial charge is 0.302 e. The average molecular weight is 360 g/mol. The van der Waals surface area contributed by atoms with Gasteiger partial charge < -0.3 is 9.47 Å². The number of rotatable bonds is 2. The van der Waals surface area contributed by atoms with Gasteiger partial charge in [0.25, 0.3) is 0 Å². The molecule has 3 aliphatic rings. The van der Waals surface area contributed by atoms with Gasteiger partial charge in [-0.3, -0.25) is 9.59 Å². The average Bonchev–Trinajstić information content (AvgIpc) is 3.10. The van der Waals surface area contributed by atoms with E-state index in [2.05, 4.69) is 33.8 Å². The van der Waals surface area contributed by atoms with Gasteiger partial charge in [0.2, 0.25) is 0 Å². The zero-order valence-corrected chi connectivity index (χ0v) is 16.8. The van der Waals surface area contributed by atoms with E-state index in [0.29, 0.717) is 18.8 Å². The van der Waals surface area contributed by atoms with Crippen molar-refractivity contribution in [3.63, 3.8) is 0 Å². The Morgan fingerprint density at radius 3 is 2.65 bits per heavy atom. The van der Waals surface area contributed by atoms with Crippen LogP contribution in [0.2, 0.25) is 0 Å². The molecule has 0 aromatic rings. The first-order valence-electron chi connectivity index (χ1n) is 9.84. The van der Waals surface area contributed by atoms with Crippen molar-refractivity contribution in [2.24, 2.45) is 11.3 Å². The molecule has 26 heavy (non-hydrogen) atoms. The molecule has 0 aromatic heterocycles. The number of hydrogen-bond donors (Lipinski definition) is 0. The van der Waals surface area contributed by atoms with Crippen LogP contribution in [0.5, 0.6) is 0 Å². The fourth-order valence-corrected chi connectivity index (χ4v) is 4.89. The van der Waals surface area contributed by atoms with E-state index >= 15 is 0 Å². The molecule has 2 aliphatic carbocycles. The van der Waals surface area contributed by atoms with Crippen molar-refractivity contribution in [3.05, 3.63) is 22.8 Å². The minimum atomic E-state index is -0.250. The number of hydrogen-bond acceptors (Lipinski definition) is 4. The SMILES string of the molecule is CC(=O)OC/C1=C\C[C@]2(C)CC(=O)C(=C(C)C)[C@H]2CC[C@]2(C)O[C@H]2CC1. The van der Waals surface area contributed by atoms with Crippen LogP contribution in [0.25, 0.3) is 0 Å². The number of ketones is 1. The van der Waals surface area contributed by atoms with E-state index in [0.717, 1.165) is 48.8 Å². The summed E-state index contributed by atoms with van der Waals surface area (Å²) in [5.41, 5.74) is 3.23. The van der Waals surface area contributed by atoms with E-state index < -0.39 is 0 Å². The molecular formula is C22H32O4. The van der Waals surface area contributed by atoms with Crippen LogP contribution in [-0.4, -0.2) is 30.1 Å². The van der Waals surface area contributed by atoms with E-state index in [1.165, 1.54) is 6.92 Å². The number of carbonyl (C=O) groups excluding carboxylic acids is 2. The lowest BCUT2D eigenvalue weighted by Gasteiger charge is -2.31. The Labute approximate surface area is 157 Å². The normalized spacial score (nSPS) is 39.2. The van der Waals surface area contributed by atoms with Crippen LogP contribution in [0.3, 0.4) is 0 Å². The Balaban J connectivity index is 1.90. The molecule has 0 spiro atoms. The van der Waals surface area contributed by atoms with Gasteiger partial charge >= 0.3 is 5.97 Å². The summed E-state index contributed by atoms with van der Waals surface area (Å²) in [7, 11) is 0. The minimum Gasteiger partial charge on any atom is -0.461 e. The number of esters is 1. The van der Waals surface area contributed by atoms with E-state index in [1.54, 1.807) is 0 Å². The molecule has 4 heteroatoms. The predicted molar refractivity (Wildman–Crippen MR) is 101 cm³/mol. The van der Waals surface area contributed by atoms with Gasteiger partial charge in [-0.25, -0.2) is 0 Å². The van der Waals surface area contributed by atoms with E-state index in [1.807, 2.05) is 0 Å². The molecule has 1 aliphatic heterocycles. The van der Waals surface area contributed by atoms with Crippen molar-refractivity contribution in [2.45, 2.75) is 84.8 Å². The molecule has 0 radical (unpaired) electrons. The maximum Gasteiger partial charge on any atom is 0.302 e. The molecule has 4 nitrogen and oxygen atoms in total. The van der Waals surface area contributed by atoms with E-state index in [9.17, 15) is 9.59 Å². The molecule has 1 heterocycles. The maximum atomic E-state index is 12.7. The van der Waals surface area contributed by atoms with Gasteiger partial charge in [-0.2, -0.15) is 0 Å². The fraction of sp³-hybridized carbons (Fsp3) is 0.727. The second-order valence-electron chi connectivity index (χ2n) is 9.06. The van der Waals surface area contributed by atoms with Gasteiger partial charge in [-0.15, -0.1) is 0 Å². The third-order valence-corrected chi connectivity index (χ3v) is 6.60. The highest BCUT2D eigenvalue weighted by Crippen LogP contribution is 2.53. The van der Waals surface area contributed by atoms with Crippen molar-refractivity contribution in [1.82, 2.24) is 0 Å². The molecule has 0 bridgehead atoms. The Bertz CT molecular complexity index is 670. The molecular weight excluding hydrogens is 328 g/mol. The standard InChI is InChI=1S/C22H32O4/c1-14(2)20-17-9-11-22(5)19(26-22)7-6-16(13-25-15(3)23)8-10-21(17,4)12-18(20)24/h8,17,19H,6-7,9-13H2,1-5H3/b16-8-/t17-,19+,21-,22+/m1/s1. The fourth-order valence-electron chi connectivity index (χ4n) is 4.89. The molecule has 1 saturated heterocycles. The third kappa shape index (κ3) is 3.80. The number of Topliss-reactive ketones (excluding diaryl/α,β-unsaturated/α-hetero) is 1. The molecule has 1 saturated carbocycles. The van der Waals surface area contributed by atoms with Crippen molar-refractivity contribution in [2.75, 3.05) is 6.61 Å². The van der Waals surface area contributed by atoms with Crippen molar-refractivity contribution in [3.8, 4) is 0 Å². The quantitative estimate of drug-likeness (QED) is 0.314. The summed E-state index contributed by atoms with van der Waals surface area (Å²) >= 11 is 0. The van der Waals surface area contributed by atoms with Crippen molar-refractivity contribution >= 4 is 11.8 Å². The Hall–Kier alpha value is -1.42. The summed E-state index contributed by atoms with van der Waals surface area (Å²) in [6.07, 6.45) is 7.83. The highest BCUT2D eigenvalue weighted by Gasteiger charge is 2.54. The summed E-state index contributed by atoms with van der Waals surface area (Å²) in [6, 6.07) is 0. The molecule has 0 unspecified atom stereocenters. The van der Waals surface area contributed by atoms with Gasteiger partial charge in [0.05, 0.1) is 11.7 Å². The summed E-state index contributed by atoms with van der Waals surface area (Å²) in [4.78, 5) is 24.0. The first-order valence-corrected chi connectivity index (χ1v) is 9.84. The van der Waals surface area contributed by atoms with Gasteiger partial charge in [-0.05, 0) is 75.4 Å². The largest absolute Gasteiger partial charge is 0.461 e. The van der Waals surface area contributed by atoms with Crippen LogP contribution in [0.1, 0.15) is 73.1 Å². The lowest BCUT2D eigenvalue weighted by molar-refractivity contribution is -0.140. The first-order chi connectivity index (χ1) is 12.1. The van der Waals surface area contributed by atoms with Crippen LogP contribution < -0.4 is 0 Å². The van der Waals surface area contributed by atoms with Crippen LogP contribution in [-0.2, 0) is 19.1 Å². The molecule has 0 aromatic carbocycles. The minimum absolute atomic E-state index is 0.0593. The van der Waals surface area contributed by atoms with Gasteiger partial charge in [-0.1, -0.05) is 18.6 Å². The predicted octanol–water partition coefficient (Wildman–Crippen LogP) is 4.53. The van der Waals surface area contributed by atoms with Crippen LogP contribution in [0, 0.1) is 11.3 Å². The van der Waals surface area contributed by atoms with Crippen molar-refractivity contribution in [1.29, 1.82) is 0 Å². The van der Waals surface area contributed by atoms with Crippen LogP contribution >= 0.6 is 0 Å². The molecule has 3 rings (SSSR count). The maximum absolute atomic E-state index is 12.7. The zero-order chi connectivity index (χ0) is 19.1. The summed E-state index contributed by atoms with van der Waals surface area (Å²) in [6.45, 7) is 10.4. The van der Waals surface area contributed by atoms with Crippen molar-refractivity contribution < 1.29 is 19.1 Å². The summed E-state index contributed by atoms with van der Waals surface area (Å²) in [5, 5.41) is 0. The summed E-state index contributed by atoms with van der Waals surface area (Å²) < 4.78 is 11.3. The topological polar surface area (TPSA) is 55.9 Å². The highest BCUT2D eigenvalue weighted by molar-refractivity contribution is 5.99. The van der Waals surface area contributed by atoms with E-state index in [4.69, 9.17) is 9.47 Å². The highest BCUT2D eigenvalue weighted by atomic mass is 16.6. The van der Waals surface area contributed by atoms with Gasteiger partial charge in [0.15, 0.2) is 5.78 Å². The number of fused-ring (bicyclic) bond motifs is 2. The van der Waals surface area contributed by atoms with Gasteiger partial charge in [0.1, 0.15) is 6.61 Å². The van der Waals surface area contributed by atoms with Crippen LogP contribution in [0.4, 0.5) is 0 Å². The second-order valence-corrected chi connectivity index (χ2v) is 9.06. The Kier molecular flexibility index (Phi) is 5.17. The lowest BCUT2D eigenvalue weighted by Crippen LogP contribution is -2.24. The Morgan fingerprint density at radius 2 is 2.00 bits per heavy atom. The molecule has 2 fully saturated rings. The monoisotopic (exact) mass is 360 g/mol. The lowest BCUT2D eigenvalue weighted by atomic mass is 9.72. The summed E-state index contributed by atoms with van der Waals surface area (Å²) in [5.74, 6) is 0.341. The van der Waals surface area contributed by atoms with E-state index in [-0.39, 0.29) is 29.0 Å². The molecule has 144 valence electrons. The molecule has 0 N–H and O–H groups in total. The Morgan fingerprint density at radius 1 is 1.27 bits per heavy atom. The first kappa shape index (κ1) is 19.3. The number of epoxide rings is 1. The van der Waals surface area contributed by atoms with Gasteiger partial charge in [0, 0.05) is 13.3 Å². The molecule has 4 atom stereocenters. The van der Waals surface area contributed by atoms with Crippen LogP contribution in [0.15, 0.2) is 22.8 Å². The zero-order valence-electron chi connectivity index (χ0n) is 16.8. The number of ether oxygens (including phenoxy) is 2. The number of allylic oxidation sites excluding steroid dienone is 3.